The summed E-state index contributed by atoms with van der Waals surface area (Å²) in [4.78, 5) is 16.4. The monoisotopic (exact) mass is 480 g/mol. The van der Waals surface area contributed by atoms with Crippen LogP contribution in [0.15, 0.2) is 47.1 Å². The molecule has 184 valence electrons. The lowest BCUT2D eigenvalue weighted by Crippen LogP contribution is -2.18. The number of aromatic nitrogens is 4. The number of hydrogen-bond donors (Lipinski definition) is 4. The molecule has 5 heterocycles. The number of nitrogens with one attached hydrogen (secondary N) is 4. The van der Waals surface area contributed by atoms with Crippen molar-refractivity contribution in [2.24, 2.45) is 0 Å². The van der Waals surface area contributed by atoms with E-state index in [2.05, 4.69) is 73.1 Å². The maximum absolute atomic E-state index is 6.31. The van der Waals surface area contributed by atoms with Crippen molar-refractivity contribution in [2.45, 2.75) is 56.5 Å². The Balaban J connectivity index is 1.13. The predicted molar refractivity (Wildman–Crippen MR) is 140 cm³/mol. The van der Waals surface area contributed by atoms with Crippen LogP contribution in [0.1, 0.15) is 73.9 Å². The quantitative estimate of drug-likeness (QED) is 0.346. The van der Waals surface area contributed by atoms with Gasteiger partial charge in [0, 0.05) is 28.6 Å². The normalized spacial score (nSPS) is 23.7. The van der Waals surface area contributed by atoms with E-state index in [-0.39, 0.29) is 0 Å². The van der Waals surface area contributed by atoms with Crippen molar-refractivity contribution in [3.8, 4) is 22.6 Å². The average molecular weight is 481 g/mol. The van der Waals surface area contributed by atoms with Crippen molar-refractivity contribution >= 4 is 12.2 Å². The van der Waals surface area contributed by atoms with Crippen LogP contribution < -0.4 is 21.3 Å². The van der Waals surface area contributed by atoms with E-state index in [4.69, 9.17) is 4.42 Å². The smallest absolute Gasteiger partial charge is 0.135 e. The van der Waals surface area contributed by atoms with Gasteiger partial charge in [0.05, 0.1) is 24.0 Å². The Morgan fingerprint density at radius 2 is 1.53 bits per heavy atom. The Bertz CT molecular complexity index is 1460. The number of hydrogen-bond acceptors (Lipinski definition) is 5. The standard InChI is InChI=1S/C29H32N6O/c1-4-20(25-17-33-29(35-25)23-6-3-13-31-23)14-21-15-27(36-26(21)7-1)19-10-8-18(9-11-19)24-16-32-28(34-24)22-5-2-12-30-22/h7-11,14-17,20,22-23,30-31H,1-6,12-13H2,(H,32,34)(H,33,35). The summed E-state index contributed by atoms with van der Waals surface area (Å²) in [6, 6.07) is 11.4. The SMILES string of the molecule is C1=c2cc(-c3ccc(-c4cnc(C5CCCN5)[nH]4)cc3)oc2=CCCC1c1cnc(C2CCCN2)[nH]1. The molecule has 1 aliphatic carbocycles. The lowest BCUT2D eigenvalue weighted by molar-refractivity contribution is 0.544. The van der Waals surface area contributed by atoms with Gasteiger partial charge in [0.2, 0.25) is 0 Å². The summed E-state index contributed by atoms with van der Waals surface area (Å²) in [5.41, 5.74) is 5.43. The summed E-state index contributed by atoms with van der Waals surface area (Å²) in [7, 11) is 0. The molecular formula is C29H32N6O. The minimum atomic E-state index is 0.307. The van der Waals surface area contributed by atoms with E-state index >= 15 is 0 Å². The molecule has 0 saturated carbocycles. The molecule has 2 saturated heterocycles. The zero-order valence-corrected chi connectivity index (χ0v) is 20.4. The second-order valence-corrected chi connectivity index (χ2v) is 10.3. The van der Waals surface area contributed by atoms with Crippen LogP contribution in [-0.2, 0) is 0 Å². The highest BCUT2D eigenvalue weighted by Crippen LogP contribution is 2.28. The van der Waals surface area contributed by atoms with Crippen molar-refractivity contribution in [1.29, 1.82) is 0 Å². The minimum Gasteiger partial charge on any atom is -0.456 e. The first-order valence-corrected chi connectivity index (χ1v) is 13.3. The molecule has 2 fully saturated rings. The van der Waals surface area contributed by atoms with Crippen LogP contribution in [0.3, 0.4) is 0 Å². The molecule has 2 aliphatic heterocycles. The fourth-order valence-electron chi connectivity index (χ4n) is 5.82. The molecule has 3 atom stereocenters. The van der Waals surface area contributed by atoms with Crippen LogP contribution in [-0.4, -0.2) is 33.0 Å². The molecule has 36 heavy (non-hydrogen) atoms. The molecule has 7 nitrogen and oxygen atoms in total. The van der Waals surface area contributed by atoms with Gasteiger partial charge in [0.15, 0.2) is 0 Å². The summed E-state index contributed by atoms with van der Waals surface area (Å²) in [5.74, 6) is 3.31. The highest BCUT2D eigenvalue weighted by molar-refractivity contribution is 5.66. The number of H-pyrrole nitrogens is 2. The van der Waals surface area contributed by atoms with Crippen molar-refractivity contribution < 1.29 is 4.42 Å². The lowest BCUT2D eigenvalue weighted by Gasteiger charge is -2.09. The van der Waals surface area contributed by atoms with Gasteiger partial charge in [-0.15, -0.1) is 0 Å². The van der Waals surface area contributed by atoms with Crippen LogP contribution in [0.2, 0.25) is 0 Å². The molecule has 3 aliphatic rings. The van der Waals surface area contributed by atoms with Gasteiger partial charge in [0.1, 0.15) is 22.8 Å². The van der Waals surface area contributed by atoms with E-state index in [1.807, 2.05) is 12.4 Å². The van der Waals surface area contributed by atoms with Crippen LogP contribution in [0.5, 0.6) is 0 Å². The number of furan rings is 1. The third-order valence-corrected chi connectivity index (χ3v) is 7.85. The molecule has 0 radical (unpaired) electrons. The van der Waals surface area contributed by atoms with Gasteiger partial charge in [-0.2, -0.15) is 0 Å². The summed E-state index contributed by atoms with van der Waals surface area (Å²) in [5, 5.41) is 8.20. The highest BCUT2D eigenvalue weighted by atomic mass is 16.3. The third kappa shape index (κ3) is 4.12. The maximum atomic E-state index is 6.31. The number of rotatable bonds is 5. The topological polar surface area (TPSA) is 94.6 Å². The average Bonchev–Trinajstić information content (AvgIpc) is 3.73. The van der Waals surface area contributed by atoms with Crippen molar-refractivity contribution in [1.82, 2.24) is 30.6 Å². The van der Waals surface area contributed by atoms with Crippen LogP contribution in [0, 0.1) is 0 Å². The Kier molecular flexibility index (Phi) is 5.59. The molecule has 1 aromatic carbocycles. The highest BCUT2D eigenvalue weighted by Gasteiger charge is 2.22. The molecule has 7 heteroatoms. The van der Waals surface area contributed by atoms with Gasteiger partial charge in [-0.3, -0.25) is 0 Å². The summed E-state index contributed by atoms with van der Waals surface area (Å²) in [6.07, 6.45) is 15.3. The number of fused-ring (bicyclic) bond motifs is 1. The first kappa shape index (κ1) is 21.8. The fourth-order valence-corrected chi connectivity index (χ4v) is 5.82. The molecule has 7 rings (SSSR count). The third-order valence-electron chi connectivity index (χ3n) is 7.85. The Morgan fingerprint density at radius 3 is 2.28 bits per heavy atom. The van der Waals surface area contributed by atoms with Crippen LogP contribution in [0.25, 0.3) is 34.7 Å². The molecule has 3 aromatic heterocycles. The summed E-state index contributed by atoms with van der Waals surface area (Å²) >= 11 is 0. The van der Waals surface area contributed by atoms with E-state index in [0.29, 0.717) is 18.0 Å². The largest absolute Gasteiger partial charge is 0.456 e. The molecule has 0 spiro atoms. The van der Waals surface area contributed by atoms with Gasteiger partial charge in [-0.1, -0.05) is 30.3 Å². The zero-order valence-electron chi connectivity index (χ0n) is 20.4. The van der Waals surface area contributed by atoms with Gasteiger partial charge in [-0.05, 0) is 69.3 Å². The fraction of sp³-hybridized carbons (Fsp3) is 0.379. The predicted octanol–water partition coefficient (Wildman–Crippen LogP) is 4.05. The van der Waals surface area contributed by atoms with Crippen LogP contribution >= 0.6 is 0 Å². The minimum absolute atomic E-state index is 0.307. The molecule has 0 bridgehead atoms. The number of imidazole rings is 2. The molecule has 4 N–H and O–H groups in total. The first-order chi connectivity index (χ1) is 17.8. The Labute approximate surface area is 210 Å². The van der Waals surface area contributed by atoms with E-state index < -0.39 is 0 Å². The molecule has 4 aromatic rings. The number of aromatic amines is 2. The molecule has 0 amide bonds. The second kappa shape index (κ2) is 9.22. The van der Waals surface area contributed by atoms with Gasteiger partial charge in [-0.25, -0.2) is 9.97 Å². The number of nitrogens with zero attached hydrogens (tertiary/aromatic N) is 2. The van der Waals surface area contributed by atoms with E-state index in [1.54, 1.807) is 0 Å². The zero-order chi connectivity index (χ0) is 23.9. The molecule has 3 unspecified atom stereocenters. The van der Waals surface area contributed by atoms with Crippen molar-refractivity contribution in [3.05, 3.63) is 70.7 Å². The van der Waals surface area contributed by atoms with Crippen molar-refractivity contribution in [3.63, 3.8) is 0 Å². The summed E-state index contributed by atoms with van der Waals surface area (Å²) < 4.78 is 6.31. The summed E-state index contributed by atoms with van der Waals surface area (Å²) in [6.45, 7) is 2.15. The Hall–Kier alpha value is -3.42. The van der Waals surface area contributed by atoms with E-state index in [1.165, 1.54) is 18.5 Å². The molecular weight excluding hydrogens is 448 g/mol. The maximum Gasteiger partial charge on any atom is 0.135 e. The first-order valence-electron chi connectivity index (χ1n) is 13.3. The van der Waals surface area contributed by atoms with E-state index in [9.17, 15) is 0 Å². The van der Waals surface area contributed by atoms with Gasteiger partial charge >= 0.3 is 0 Å². The number of benzene rings is 1. The lowest BCUT2D eigenvalue weighted by atomic mass is 10.00. The second-order valence-electron chi connectivity index (χ2n) is 10.3. The van der Waals surface area contributed by atoms with Gasteiger partial charge in [0.25, 0.3) is 0 Å². The van der Waals surface area contributed by atoms with Gasteiger partial charge < -0.3 is 25.0 Å². The van der Waals surface area contributed by atoms with Crippen LogP contribution in [0.4, 0.5) is 0 Å². The van der Waals surface area contributed by atoms with E-state index in [0.717, 1.165) is 83.6 Å². The van der Waals surface area contributed by atoms with Crippen molar-refractivity contribution in [2.75, 3.05) is 13.1 Å². The Morgan fingerprint density at radius 1 is 0.806 bits per heavy atom.